The van der Waals surface area contributed by atoms with Gasteiger partial charge in [-0.2, -0.15) is 5.10 Å². The van der Waals surface area contributed by atoms with Crippen LogP contribution in [0.1, 0.15) is 15.9 Å². The van der Waals surface area contributed by atoms with Gasteiger partial charge in [0, 0.05) is 6.20 Å². The van der Waals surface area contributed by atoms with Gasteiger partial charge in [0.1, 0.15) is 0 Å². The van der Waals surface area contributed by atoms with Gasteiger partial charge in [-0.25, -0.2) is 9.48 Å². The minimum atomic E-state index is -0.938. The lowest BCUT2D eigenvalue weighted by atomic mass is 10.1. The summed E-state index contributed by atoms with van der Waals surface area (Å²) in [6, 6.07) is 4.96. The first-order valence-electron chi connectivity index (χ1n) is 4.62. The molecule has 0 aliphatic heterocycles. The van der Waals surface area contributed by atoms with Crippen molar-refractivity contribution in [2.75, 3.05) is 0 Å². The molecule has 0 unspecified atom stereocenters. The lowest BCUT2D eigenvalue weighted by Gasteiger charge is -2.06. The number of aryl methyl sites for hydroxylation is 1. The molecule has 2 rings (SSSR count). The first-order chi connectivity index (χ1) is 7.58. The van der Waals surface area contributed by atoms with Crippen LogP contribution in [0.5, 0.6) is 0 Å². The van der Waals surface area contributed by atoms with Crippen LogP contribution in [0.25, 0.3) is 5.69 Å². The minimum absolute atomic E-state index is 0.257. The molecule has 0 atom stereocenters. The maximum atomic E-state index is 10.9. The molecule has 0 saturated carbocycles. The maximum Gasteiger partial charge on any atom is 0.335 e. The highest BCUT2D eigenvalue weighted by Crippen LogP contribution is 2.18. The van der Waals surface area contributed by atoms with E-state index in [4.69, 9.17) is 5.11 Å². The number of hydrogen-bond donors (Lipinski definition) is 1. The fourth-order valence-electron chi connectivity index (χ4n) is 1.42. The van der Waals surface area contributed by atoms with Gasteiger partial charge in [-0.3, -0.25) is 0 Å². The largest absolute Gasteiger partial charge is 0.478 e. The van der Waals surface area contributed by atoms with Crippen LogP contribution in [-0.4, -0.2) is 20.9 Å². The summed E-state index contributed by atoms with van der Waals surface area (Å²) in [6.45, 7) is 1.91. The van der Waals surface area contributed by atoms with Crippen LogP contribution >= 0.6 is 15.9 Å². The number of aromatic nitrogens is 2. The molecule has 0 aliphatic carbocycles. The topological polar surface area (TPSA) is 55.1 Å². The van der Waals surface area contributed by atoms with Gasteiger partial charge < -0.3 is 5.11 Å². The summed E-state index contributed by atoms with van der Waals surface area (Å²) >= 11 is 3.30. The molecule has 0 amide bonds. The predicted octanol–water partition coefficient (Wildman–Crippen LogP) is 2.64. The molecule has 0 radical (unpaired) electrons. The Morgan fingerprint density at radius 1 is 1.50 bits per heavy atom. The van der Waals surface area contributed by atoms with E-state index in [0.29, 0.717) is 0 Å². The summed E-state index contributed by atoms with van der Waals surface area (Å²) in [4.78, 5) is 10.9. The second-order valence-electron chi connectivity index (χ2n) is 3.41. The third kappa shape index (κ3) is 1.99. The normalized spacial score (nSPS) is 10.4. The van der Waals surface area contributed by atoms with E-state index < -0.39 is 5.97 Å². The summed E-state index contributed by atoms with van der Waals surface area (Å²) in [5.41, 5.74) is 2.00. The molecule has 1 aromatic carbocycles. The van der Waals surface area contributed by atoms with Gasteiger partial charge in [0.15, 0.2) is 0 Å². The van der Waals surface area contributed by atoms with Crippen LogP contribution in [0.15, 0.2) is 35.1 Å². The number of hydrogen-bond acceptors (Lipinski definition) is 2. The lowest BCUT2D eigenvalue weighted by Crippen LogP contribution is -2.02. The molecule has 1 aromatic heterocycles. The van der Waals surface area contributed by atoms with E-state index >= 15 is 0 Å². The second-order valence-corrected chi connectivity index (χ2v) is 4.33. The molecule has 0 saturated heterocycles. The molecule has 0 bridgehead atoms. The zero-order valence-corrected chi connectivity index (χ0v) is 10.1. The Bertz CT molecular complexity index is 549. The van der Waals surface area contributed by atoms with E-state index in [9.17, 15) is 4.79 Å². The summed E-state index contributed by atoms with van der Waals surface area (Å²) in [6.07, 6.45) is 3.45. The maximum absolute atomic E-state index is 10.9. The van der Waals surface area contributed by atoms with Crippen LogP contribution in [0, 0.1) is 6.92 Å². The smallest absolute Gasteiger partial charge is 0.335 e. The molecule has 16 heavy (non-hydrogen) atoms. The first-order valence-corrected chi connectivity index (χ1v) is 5.42. The molecule has 1 heterocycles. The van der Waals surface area contributed by atoms with Crippen LogP contribution < -0.4 is 0 Å². The first kappa shape index (κ1) is 10.9. The average molecular weight is 281 g/mol. The number of nitrogens with zero attached hydrogens (tertiary/aromatic N) is 2. The third-order valence-corrected chi connectivity index (χ3v) is 2.66. The molecule has 1 N–H and O–H groups in total. The highest BCUT2D eigenvalue weighted by atomic mass is 79.9. The Morgan fingerprint density at radius 3 is 2.81 bits per heavy atom. The van der Waals surface area contributed by atoms with E-state index in [2.05, 4.69) is 21.0 Å². The van der Waals surface area contributed by atoms with Crippen molar-refractivity contribution in [3.05, 3.63) is 46.2 Å². The van der Waals surface area contributed by atoms with Gasteiger partial charge in [-0.1, -0.05) is 6.07 Å². The predicted molar refractivity (Wildman–Crippen MR) is 63.0 cm³/mol. The van der Waals surface area contributed by atoms with Crippen molar-refractivity contribution in [1.29, 1.82) is 0 Å². The molecule has 0 aliphatic rings. The number of carbonyl (C=O) groups is 1. The van der Waals surface area contributed by atoms with Crippen molar-refractivity contribution < 1.29 is 9.90 Å². The Hall–Kier alpha value is -1.62. The van der Waals surface area contributed by atoms with Gasteiger partial charge in [-0.15, -0.1) is 0 Å². The minimum Gasteiger partial charge on any atom is -0.478 e. The summed E-state index contributed by atoms with van der Waals surface area (Å²) in [7, 11) is 0. The Morgan fingerprint density at radius 2 is 2.25 bits per heavy atom. The highest BCUT2D eigenvalue weighted by molar-refractivity contribution is 9.10. The van der Waals surface area contributed by atoms with Crippen LogP contribution in [0.4, 0.5) is 0 Å². The number of halogens is 1. The van der Waals surface area contributed by atoms with E-state index in [1.807, 2.05) is 6.92 Å². The van der Waals surface area contributed by atoms with Crippen molar-refractivity contribution in [3.8, 4) is 5.69 Å². The van der Waals surface area contributed by atoms with Gasteiger partial charge in [0.25, 0.3) is 0 Å². The average Bonchev–Trinajstić information content (AvgIpc) is 2.65. The van der Waals surface area contributed by atoms with Crippen molar-refractivity contribution in [2.45, 2.75) is 6.92 Å². The number of aromatic carboxylic acids is 1. The van der Waals surface area contributed by atoms with Crippen LogP contribution in [0.2, 0.25) is 0 Å². The quantitative estimate of drug-likeness (QED) is 0.920. The molecule has 5 heteroatoms. The highest BCUT2D eigenvalue weighted by Gasteiger charge is 2.08. The number of benzene rings is 1. The molecule has 82 valence electrons. The van der Waals surface area contributed by atoms with Crippen molar-refractivity contribution >= 4 is 21.9 Å². The number of rotatable bonds is 2. The monoisotopic (exact) mass is 280 g/mol. The molecular formula is C11H9BrN2O2. The van der Waals surface area contributed by atoms with Crippen molar-refractivity contribution in [1.82, 2.24) is 9.78 Å². The van der Waals surface area contributed by atoms with Crippen LogP contribution in [0.3, 0.4) is 0 Å². The van der Waals surface area contributed by atoms with Gasteiger partial charge in [-0.05, 0) is 40.5 Å². The second kappa shape index (κ2) is 4.09. The molecular weight excluding hydrogens is 272 g/mol. The number of carboxylic acids is 1. The Kier molecular flexibility index (Phi) is 2.78. The number of carboxylic acid groups (broad SMARTS) is 1. The van der Waals surface area contributed by atoms with Gasteiger partial charge in [0.2, 0.25) is 0 Å². The molecule has 4 nitrogen and oxygen atoms in total. The van der Waals surface area contributed by atoms with E-state index in [1.54, 1.807) is 35.3 Å². The fraction of sp³-hybridized carbons (Fsp3) is 0.0909. The van der Waals surface area contributed by atoms with Crippen molar-refractivity contribution in [2.24, 2.45) is 0 Å². The van der Waals surface area contributed by atoms with E-state index in [0.717, 1.165) is 15.7 Å². The SMILES string of the molecule is Cc1ccc(C(=O)O)cc1-n1cc(Br)cn1. The molecule has 2 aromatic rings. The van der Waals surface area contributed by atoms with Crippen LogP contribution in [-0.2, 0) is 0 Å². The van der Waals surface area contributed by atoms with Gasteiger partial charge in [0.05, 0.1) is 21.9 Å². The van der Waals surface area contributed by atoms with E-state index in [-0.39, 0.29) is 5.56 Å². The summed E-state index contributed by atoms with van der Waals surface area (Å²) in [5.74, 6) is -0.938. The lowest BCUT2D eigenvalue weighted by molar-refractivity contribution is 0.0697. The van der Waals surface area contributed by atoms with Crippen molar-refractivity contribution in [3.63, 3.8) is 0 Å². The Balaban J connectivity index is 2.55. The third-order valence-electron chi connectivity index (χ3n) is 2.25. The summed E-state index contributed by atoms with van der Waals surface area (Å²) in [5, 5.41) is 13.0. The van der Waals surface area contributed by atoms with E-state index in [1.165, 1.54) is 0 Å². The van der Waals surface area contributed by atoms with Gasteiger partial charge >= 0.3 is 5.97 Å². The fourth-order valence-corrected chi connectivity index (χ4v) is 1.71. The zero-order valence-electron chi connectivity index (χ0n) is 8.51. The standard InChI is InChI=1S/C11H9BrN2O2/c1-7-2-3-8(11(15)16)4-10(7)14-6-9(12)5-13-14/h2-6H,1H3,(H,15,16). The molecule has 0 spiro atoms. The Labute approximate surface area is 101 Å². The summed E-state index contributed by atoms with van der Waals surface area (Å²) < 4.78 is 2.50. The molecule has 0 fully saturated rings. The zero-order chi connectivity index (χ0) is 11.7.